The SMILES string of the molecule is O=C(CS)c1ccc(F)[c-]c1F.O=C(CS)c1ccc(F)[c-]c1F.[CH3-].[CH3-].[Ti+4]. The van der Waals surface area contributed by atoms with Crippen LogP contribution in [0.3, 0.4) is 0 Å². The third kappa shape index (κ3) is 9.60. The van der Waals surface area contributed by atoms with E-state index in [1.165, 1.54) is 0 Å². The van der Waals surface area contributed by atoms with E-state index in [2.05, 4.69) is 25.3 Å². The van der Waals surface area contributed by atoms with Crippen LogP contribution in [-0.4, -0.2) is 23.1 Å². The molecule has 0 radical (unpaired) electrons. The summed E-state index contributed by atoms with van der Waals surface area (Å²) >= 11 is 7.35. The van der Waals surface area contributed by atoms with E-state index in [-0.39, 0.29) is 59.2 Å². The van der Waals surface area contributed by atoms with E-state index in [1.54, 1.807) is 12.1 Å². The number of rotatable bonds is 4. The van der Waals surface area contributed by atoms with E-state index >= 15 is 0 Å². The molecule has 2 nitrogen and oxygen atoms in total. The van der Waals surface area contributed by atoms with Gasteiger partial charge in [-0.05, 0) is 0 Å². The van der Waals surface area contributed by atoms with Gasteiger partial charge in [-0.3, -0.25) is 0 Å². The summed E-state index contributed by atoms with van der Waals surface area (Å²) in [5, 5.41) is 0. The number of hydrogen-bond donors (Lipinski definition) is 2. The van der Waals surface area contributed by atoms with Crippen LogP contribution in [-0.2, 0) is 21.7 Å². The molecule has 0 amide bonds. The van der Waals surface area contributed by atoms with Crippen molar-refractivity contribution in [2.24, 2.45) is 0 Å². The average molecular weight is 452 g/mol. The van der Waals surface area contributed by atoms with Gasteiger partial charge in [-0.2, -0.15) is 37.4 Å². The van der Waals surface area contributed by atoms with E-state index in [9.17, 15) is 27.2 Å². The van der Waals surface area contributed by atoms with Crippen molar-refractivity contribution in [3.8, 4) is 0 Å². The standard InChI is InChI=1S/2C8H5F2OS.2CH3.Ti/c2*9-5-1-2-6(7(10)3-5)8(11)4-12;;;/h2*1-2,12H,4H2;2*1H3;/q4*-1;+4. The van der Waals surface area contributed by atoms with Gasteiger partial charge in [-0.15, -0.1) is 24.3 Å². The predicted octanol–water partition coefficient (Wildman–Crippen LogP) is 4.65. The van der Waals surface area contributed by atoms with Crippen molar-refractivity contribution in [2.75, 3.05) is 11.5 Å². The van der Waals surface area contributed by atoms with E-state index in [4.69, 9.17) is 0 Å². The molecule has 0 spiro atoms. The molecule has 0 heterocycles. The summed E-state index contributed by atoms with van der Waals surface area (Å²) in [4.78, 5) is 21.8. The van der Waals surface area contributed by atoms with Crippen LogP contribution in [0.5, 0.6) is 0 Å². The molecule has 9 heteroatoms. The molecule has 0 N–H and O–H groups in total. The third-order valence-electron chi connectivity index (χ3n) is 2.61. The molecule has 0 fully saturated rings. The minimum absolute atomic E-state index is 0. The minimum Gasteiger partial charge on any atom is -0.358 e. The van der Waals surface area contributed by atoms with Gasteiger partial charge in [0.15, 0.2) is 0 Å². The maximum absolute atomic E-state index is 12.7. The van der Waals surface area contributed by atoms with Crippen LogP contribution in [0.1, 0.15) is 20.7 Å². The fourth-order valence-corrected chi connectivity index (χ4v) is 1.83. The molecule has 144 valence electrons. The van der Waals surface area contributed by atoms with Crippen LogP contribution < -0.4 is 0 Å². The van der Waals surface area contributed by atoms with Crippen LogP contribution in [0, 0.1) is 50.3 Å². The zero-order chi connectivity index (χ0) is 18.3. The molecule has 0 aliphatic rings. The van der Waals surface area contributed by atoms with Crippen LogP contribution in [0.4, 0.5) is 17.6 Å². The van der Waals surface area contributed by atoms with E-state index in [0.717, 1.165) is 24.3 Å². The Bertz CT molecular complexity index is 695. The second-order valence-electron chi connectivity index (χ2n) is 4.23. The van der Waals surface area contributed by atoms with Crippen molar-refractivity contribution in [3.05, 3.63) is 85.6 Å². The third-order valence-corrected chi connectivity index (χ3v) is 3.19. The Morgan fingerprint density at radius 3 is 1.26 bits per heavy atom. The summed E-state index contributed by atoms with van der Waals surface area (Å²) in [7, 11) is 0. The number of carbonyl (C=O) groups is 2. The maximum atomic E-state index is 12.7. The summed E-state index contributed by atoms with van der Waals surface area (Å²) in [5.41, 5.74) is -0.349. The molecule has 0 unspecified atom stereocenters. The molecular weight excluding hydrogens is 436 g/mol. The van der Waals surface area contributed by atoms with Crippen LogP contribution in [0.15, 0.2) is 24.3 Å². The largest absolute Gasteiger partial charge is 4.00 e. The Morgan fingerprint density at radius 1 is 0.741 bits per heavy atom. The van der Waals surface area contributed by atoms with Gasteiger partial charge >= 0.3 is 21.7 Å². The van der Waals surface area contributed by atoms with Gasteiger partial charge in [0.2, 0.25) is 0 Å². The molecule has 0 atom stereocenters. The van der Waals surface area contributed by atoms with Crippen molar-refractivity contribution in [1.29, 1.82) is 0 Å². The van der Waals surface area contributed by atoms with E-state index < -0.39 is 34.8 Å². The van der Waals surface area contributed by atoms with Crippen molar-refractivity contribution < 1.29 is 48.9 Å². The summed E-state index contributed by atoms with van der Waals surface area (Å²) in [5.74, 6) is -4.72. The number of thiol groups is 2. The first kappa shape index (κ1) is 30.6. The zero-order valence-electron chi connectivity index (χ0n) is 14.4. The Kier molecular flexibility index (Phi) is 16.9. The summed E-state index contributed by atoms with van der Waals surface area (Å²) in [6.07, 6.45) is 0. The first-order chi connectivity index (χ1) is 11.3. The summed E-state index contributed by atoms with van der Waals surface area (Å²) in [6, 6.07) is 7.67. The van der Waals surface area contributed by atoms with Gasteiger partial charge < -0.3 is 24.4 Å². The topological polar surface area (TPSA) is 34.1 Å². The number of benzene rings is 2. The van der Waals surface area contributed by atoms with Crippen molar-refractivity contribution in [1.82, 2.24) is 0 Å². The Labute approximate surface area is 182 Å². The molecule has 2 rings (SSSR count). The molecule has 0 aliphatic carbocycles. The van der Waals surface area contributed by atoms with Gasteiger partial charge in [0.1, 0.15) is 11.6 Å². The average Bonchev–Trinajstić information content (AvgIpc) is 2.54. The van der Waals surface area contributed by atoms with E-state index in [0.29, 0.717) is 0 Å². The van der Waals surface area contributed by atoms with Crippen LogP contribution >= 0.6 is 25.3 Å². The van der Waals surface area contributed by atoms with Crippen LogP contribution in [0.2, 0.25) is 0 Å². The first-order valence-corrected chi connectivity index (χ1v) is 7.59. The zero-order valence-corrected chi connectivity index (χ0v) is 17.8. The molecule has 0 aromatic heterocycles. The van der Waals surface area contributed by atoms with Crippen molar-refractivity contribution in [3.63, 3.8) is 0 Å². The molecule has 27 heavy (non-hydrogen) atoms. The van der Waals surface area contributed by atoms with Gasteiger partial charge in [0.05, 0.1) is 0 Å². The molecular formula is C18H16F4O2S2Ti. The van der Waals surface area contributed by atoms with Crippen molar-refractivity contribution >= 4 is 36.8 Å². The molecule has 0 saturated carbocycles. The fourth-order valence-electron chi connectivity index (χ4n) is 1.49. The normalized spacial score (nSPS) is 8.81. The maximum Gasteiger partial charge on any atom is 4.00 e. The summed E-state index contributed by atoms with van der Waals surface area (Å²) in [6.45, 7) is 0. The monoisotopic (exact) mass is 452 g/mol. The van der Waals surface area contributed by atoms with Gasteiger partial charge in [0, 0.05) is 34.8 Å². The number of ketones is 2. The molecule has 0 saturated heterocycles. The predicted molar refractivity (Wildman–Crippen MR) is 99.6 cm³/mol. The first-order valence-electron chi connectivity index (χ1n) is 6.33. The number of hydrogen-bond acceptors (Lipinski definition) is 4. The Balaban J connectivity index is -0.000000384. The Hall–Kier alpha value is -1.09. The number of halogens is 4. The smallest absolute Gasteiger partial charge is 0.358 e. The Morgan fingerprint density at radius 2 is 1.04 bits per heavy atom. The quantitative estimate of drug-likeness (QED) is 0.233. The number of Topliss-reactive ketones (excluding diaryl/α,β-unsaturated/α-hetero) is 2. The molecule has 2 aromatic carbocycles. The molecule has 0 aliphatic heterocycles. The number of carbonyl (C=O) groups excluding carboxylic acids is 2. The van der Waals surface area contributed by atoms with Gasteiger partial charge in [-0.25, -0.2) is 17.6 Å². The van der Waals surface area contributed by atoms with Gasteiger partial charge in [-0.1, -0.05) is 11.1 Å². The minimum atomic E-state index is -0.964. The second-order valence-corrected chi connectivity index (χ2v) is 4.86. The van der Waals surface area contributed by atoms with E-state index in [1.807, 2.05) is 0 Å². The van der Waals surface area contributed by atoms with Gasteiger partial charge in [0.25, 0.3) is 0 Å². The second kappa shape index (κ2) is 14.9. The van der Waals surface area contributed by atoms with Crippen LogP contribution in [0.25, 0.3) is 0 Å². The molecule has 2 aromatic rings. The molecule has 0 bridgehead atoms. The fraction of sp³-hybridized carbons (Fsp3) is 0.111. The van der Waals surface area contributed by atoms with Crippen molar-refractivity contribution in [2.45, 2.75) is 0 Å². The summed E-state index contributed by atoms with van der Waals surface area (Å²) < 4.78 is 50.1.